The maximum atomic E-state index is 8.50. The normalized spacial score (nSPS) is 9.85. The molecule has 0 bridgehead atoms. The smallest absolute Gasteiger partial charge is 0.174 e. The fraction of sp³-hybridized carbons (Fsp3) is 0.200. The fourth-order valence-corrected chi connectivity index (χ4v) is 2.17. The van der Waals surface area contributed by atoms with Gasteiger partial charge in [0.05, 0.1) is 11.4 Å². The first-order valence-electron chi connectivity index (χ1n) is 6.15. The van der Waals surface area contributed by atoms with E-state index >= 15 is 0 Å². The molecule has 0 aliphatic heterocycles. The summed E-state index contributed by atoms with van der Waals surface area (Å²) in [5.74, 6) is 0.705. The van der Waals surface area contributed by atoms with E-state index in [0.29, 0.717) is 12.3 Å². The van der Waals surface area contributed by atoms with Gasteiger partial charge < -0.3 is 10.1 Å². The van der Waals surface area contributed by atoms with Crippen LogP contribution in [0.1, 0.15) is 11.3 Å². The third kappa shape index (κ3) is 3.97. The molecule has 0 aliphatic carbocycles. The van der Waals surface area contributed by atoms with E-state index < -0.39 is 0 Å². The van der Waals surface area contributed by atoms with Gasteiger partial charge in [-0.2, -0.15) is 5.26 Å². The van der Waals surface area contributed by atoms with Crippen molar-refractivity contribution in [2.24, 2.45) is 0 Å². The number of nitrogens with one attached hydrogen (secondary N) is 1. The predicted octanol–water partition coefficient (Wildman–Crippen LogP) is 3.67. The highest BCUT2D eigenvalue weighted by atomic mass is 79.9. The lowest BCUT2D eigenvalue weighted by Gasteiger charge is -2.10. The van der Waals surface area contributed by atoms with Crippen LogP contribution in [0.3, 0.4) is 0 Å². The van der Waals surface area contributed by atoms with E-state index in [0.717, 1.165) is 21.5 Å². The van der Waals surface area contributed by atoms with Crippen molar-refractivity contribution in [3.63, 3.8) is 0 Å². The molecule has 0 aliphatic rings. The summed E-state index contributed by atoms with van der Waals surface area (Å²) in [6.07, 6.45) is 0. The number of pyridine rings is 1. The van der Waals surface area contributed by atoms with E-state index in [1.807, 2.05) is 49.4 Å². The van der Waals surface area contributed by atoms with Crippen LogP contribution in [0.15, 0.2) is 41.0 Å². The molecule has 0 spiro atoms. The zero-order valence-electron chi connectivity index (χ0n) is 11.1. The summed E-state index contributed by atoms with van der Waals surface area (Å²) in [6.45, 7) is 2.69. The average molecular weight is 332 g/mol. The Morgan fingerprint density at radius 2 is 2.20 bits per heavy atom. The van der Waals surface area contributed by atoms with Gasteiger partial charge >= 0.3 is 0 Å². The largest absolute Gasteiger partial charge is 0.479 e. The minimum absolute atomic E-state index is 0.0621. The number of hydrogen-bond acceptors (Lipinski definition) is 4. The van der Waals surface area contributed by atoms with Gasteiger partial charge in [-0.05, 0) is 52.7 Å². The van der Waals surface area contributed by atoms with Crippen LogP contribution in [0.5, 0.6) is 5.75 Å². The summed E-state index contributed by atoms with van der Waals surface area (Å²) in [7, 11) is 0. The number of aromatic nitrogens is 1. The molecule has 0 saturated heterocycles. The highest BCUT2D eigenvalue weighted by Crippen LogP contribution is 2.18. The van der Waals surface area contributed by atoms with Crippen molar-refractivity contribution in [2.45, 2.75) is 13.5 Å². The molecule has 1 N–H and O–H groups in total. The molecule has 4 nitrogen and oxygen atoms in total. The van der Waals surface area contributed by atoms with Crippen LogP contribution in [0.4, 0.5) is 5.69 Å². The van der Waals surface area contributed by atoms with Crippen LogP contribution in [0.25, 0.3) is 0 Å². The van der Waals surface area contributed by atoms with E-state index in [1.54, 1.807) is 0 Å². The molecule has 1 heterocycles. The van der Waals surface area contributed by atoms with Crippen LogP contribution in [-0.2, 0) is 6.54 Å². The van der Waals surface area contributed by atoms with E-state index in [9.17, 15) is 0 Å². The number of benzene rings is 1. The number of nitrogens with zero attached hydrogens (tertiary/aromatic N) is 2. The molecule has 0 saturated carbocycles. The summed E-state index contributed by atoms with van der Waals surface area (Å²) in [4.78, 5) is 4.34. The Balaban J connectivity index is 2.01. The fourth-order valence-electron chi connectivity index (χ4n) is 1.78. The Morgan fingerprint density at radius 1 is 1.35 bits per heavy atom. The molecule has 0 atom stereocenters. The van der Waals surface area contributed by atoms with Gasteiger partial charge in [0.25, 0.3) is 0 Å². The molecule has 1 aromatic carbocycles. The molecule has 2 rings (SSSR count). The standard InChI is InChI=1S/C15H14BrN3O/c1-11-14(5-6-15(16)19-11)18-10-12-3-2-4-13(9-12)20-8-7-17/h2-6,9,18H,8,10H2,1H3. The second kappa shape index (κ2) is 6.92. The lowest BCUT2D eigenvalue weighted by Crippen LogP contribution is -2.02. The Bertz CT molecular complexity index is 637. The number of rotatable bonds is 5. The monoisotopic (exact) mass is 331 g/mol. The quantitative estimate of drug-likeness (QED) is 0.849. The van der Waals surface area contributed by atoms with Gasteiger partial charge in [0.15, 0.2) is 6.61 Å². The molecule has 102 valence electrons. The Hall–Kier alpha value is -2.06. The molecule has 0 unspecified atom stereocenters. The average Bonchev–Trinajstić information content (AvgIpc) is 2.45. The maximum Gasteiger partial charge on any atom is 0.174 e. The molecule has 2 aromatic rings. The number of anilines is 1. The maximum absolute atomic E-state index is 8.50. The van der Waals surface area contributed by atoms with E-state index in [1.165, 1.54) is 0 Å². The van der Waals surface area contributed by atoms with Crippen molar-refractivity contribution in [3.05, 3.63) is 52.3 Å². The Labute approximate surface area is 126 Å². The second-order valence-corrected chi connectivity index (χ2v) is 5.03. The highest BCUT2D eigenvalue weighted by molar-refractivity contribution is 9.10. The molecule has 0 fully saturated rings. The minimum atomic E-state index is 0.0621. The molecular formula is C15H14BrN3O. The molecule has 0 radical (unpaired) electrons. The van der Waals surface area contributed by atoms with Gasteiger partial charge in [-0.15, -0.1) is 0 Å². The number of nitriles is 1. The molecule has 5 heteroatoms. The summed E-state index contributed by atoms with van der Waals surface area (Å²) in [5, 5.41) is 11.8. The van der Waals surface area contributed by atoms with Crippen molar-refractivity contribution in [1.82, 2.24) is 4.98 Å². The third-order valence-corrected chi connectivity index (χ3v) is 3.18. The summed E-state index contributed by atoms with van der Waals surface area (Å²) >= 11 is 3.34. The molecular weight excluding hydrogens is 318 g/mol. The van der Waals surface area contributed by atoms with Crippen LogP contribution in [0, 0.1) is 18.3 Å². The summed E-state index contributed by atoms with van der Waals surface area (Å²) < 4.78 is 6.11. The van der Waals surface area contributed by atoms with E-state index in [2.05, 4.69) is 26.2 Å². The second-order valence-electron chi connectivity index (χ2n) is 4.21. The zero-order valence-corrected chi connectivity index (χ0v) is 12.6. The van der Waals surface area contributed by atoms with Crippen molar-refractivity contribution < 1.29 is 4.74 Å². The zero-order chi connectivity index (χ0) is 14.4. The van der Waals surface area contributed by atoms with Gasteiger partial charge in [-0.3, -0.25) is 0 Å². The van der Waals surface area contributed by atoms with Crippen LogP contribution in [-0.4, -0.2) is 11.6 Å². The van der Waals surface area contributed by atoms with Gasteiger partial charge in [0.1, 0.15) is 16.4 Å². The SMILES string of the molecule is Cc1nc(Br)ccc1NCc1cccc(OCC#N)c1. The minimum Gasteiger partial charge on any atom is -0.479 e. The van der Waals surface area contributed by atoms with Gasteiger partial charge in [0, 0.05) is 6.54 Å². The topological polar surface area (TPSA) is 57.9 Å². The number of hydrogen-bond donors (Lipinski definition) is 1. The molecule has 20 heavy (non-hydrogen) atoms. The Morgan fingerprint density at radius 3 is 2.95 bits per heavy atom. The summed E-state index contributed by atoms with van der Waals surface area (Å²) in [6, 6.07) is 13.5. The first kappa shape index (κ1) is 14.4. The molecule has 0 amide bonds. The van der Waals surface area contributed by atoms with Gasteiger partial charge in [0.2, 0.25) is 0 Å². The first-order chi connectivity index (χ1) is 9.69. The van der Waals surface area contributed by atoms with Crippen LogP contribution >= 0.6 is 15.9 Å². The predicted molar refractivity (Wildman–Crippen MR) is 81.6 cm³/mol. The lowest BCUT2D eigenvalue weighted by atomic mass is 10.2. The third-order valence-electron chi connectivity index (χ3n) is 2.74. The van der Waals surface area contributed by atoms with Crippen molar-refractivity contribution in [1.29, 1.82) is 5.26 Å². The van der Waals surface area contributed by atoms with Crippen molar-refractivity contribution in [2.75, 3.05) is 11.9 Å². The van der Waals surface area contributed by atoms with E-state index in [-0.39, 0.29) is 6.61 Å². The van der Waals surface area contributed by atoms with Crippen LogP contribution < -0.4 is 10.1 Å². The van der Waals surface area contributed by atoms with Crippen LogP contribution in [0.2, 0.25) is 0 Å². The first-order valence-corrected chi connectivity index (χ1v) is 6.94. The lowest BCUT2D eigenvalue weighted by molar-refractivity contribution is 0.368. The highest BCUT2D eigenvalue weighted by Gasteiger charge is 2.01. The number of halogens is 1. The van der Waals surface area contributed by atoms with Gasteiger partial charge in [-0.1, -0.05) is 12.1 Å². The van der Waals surface area contributed by atoms with Crippen molar-refractivity contribution in [3.8, 4) is 11.8 Å². The molecule has 1 aromatic heterocycles. The van der Waals surface area contributed by atoms with Crippen molar-refractivity contribution >= 4 is 21.6 Å². The number of aryl methyl sites for hydroxylation is 1. The Kier molecular flexibility index (Phi) is 4.97. The summed E-state index contributed by atoms with van der Waals surface area (Å²) in [5.41, 5.74) is 3.02. The van der Waals surface area contributed by atoms with E-state index in [4.69, 9.17) is 10.00 Å². The number of ether oxygens (including phenoxy) is 1. The van der Waals surface area contributed by atoms with Gasteiger partial charge in [-0.25, -0.2) is 4.98 Å².